The van der Waals surface area contributed by atoms with Crippen LogP contribution in [0.15, 0.2) is 5.16 Å². The molecular weight excluding hydrogens is 290 g/mol. The van der Waals surface area contributed by atoms with Gasteiger partial charge in [-0.3, -0.25) is 4.79 Å². The van der Waals surface area contributed by atoms with Crippen LogP contribution in [0.1, 0.15) is 103 Å². The van der Waals surface area contributed by atoms with E-state index in [0.717, 1.165) is 57.1 Å². The minimum absolute atomic E-state index is 0.116. The summed E-state index contributed by atoms with van der Waals surface area (Å²) in [5.41, 5.74) is 0.952. The number of hydrogen-bond acceptors (Lipinski definition) is 4. The lowest BCUT2D eigenvalue weighted by Crippen LogP contribution is -2.00. The Balaban J connectivity index is 3.40. The van der Waals surface area contributed by atoms with E-state index in [1.165, 1.54) is 45.6 Å². The minimum atomic E-state index is -0.116. The summed E-state index contributed by atoms with van der Waals surface area (Å²) in [4.78, 5) is 11.0. The third kappa shape index (κ3) is 15.6. The van der Waals surface area contributed by atoms with Gasteiger partial charge < -0.3 is 9.94 Å². The lowest BCUT2D eigenvalue weighted by molar-refractivity contribution is -0.140. The Morgan fingerprint density at radius 3 is 1.65 bits per heavy atom. The highest BCUT2D eigenvalue weighted by Crippen LogP contribution is 2.12. The monoisotopic (exact) mass is 327 g/mol. The zero-order valence-corrected chi connectivity index (χ0v) is 15.3. The Bertz CT molecular complexity index is 303. The second kappa shape index (κ2) is 17.3. The van der Waals surface area contributed by atoms with Crippen LogP contribution in [0.3, 0.4) is 0 Å². The average molecular weight is 328 g/mol. The van der Waals surface area contributed by atoms with Gasteiger partial charge in [-0.25, -0.2) is 0 Å². The van der Waals surface area contributed by atoms with Crippen molar-refractivity contribution >= 4 is 11.7 Å². The number of methoxy groups -OCH3 is 1. The zero-order valence-electron chi connectivity index (χ0n) is 15.3. The number of rotatable bonds is 16. The normalized spacial score (nSPS) is 11.7. The molecule has 0 aliphatic heterocycles. The first-order valence-corrected chi connectivity index (χ1v) is 9.51. The molecule has 23 heavy (non-hydrogen) atoms. The van der Waals surface area contributed by atoms with Gasteiger partial charge in [0.05, 0.1) is 12.8 Å². The van der Waals surface area contributed by atoms with Crippen LogP contribution in [0.25, 0.3) is 0 Å². The molecule has 0 spiro atoms. The highest BCUT2D eigenvalue weighted by Gasteiger charge is 2.02. The number of esters is 1. The van der Waals surface area contributed by atoms with Gasteiger partial charge in [-0.2, -0.15) is 0 Å². The van der Waals surface area contributed by atoms with Gasteiger partial charge in [-0.15, -0.1) is 0 Å². The second-order valence-electron chi connectivity index (χ2n) is 6.38. The van der Waals surface area contributed by atoms with E-state index < -0.39 is 0 Å². The summed E-state index contributed by atoms with van der Waals surface area (Å²) in [5.74, 6) is -0.116. The van der Waals surface area contributed by atoms with Gasteiger partial charge in [-0.1, -0.05) is 69.9 Å². The molecule has 0 amide bonds. The molecule has 4 heteroatoms. The van der Waals surface area contributed by atoms with Crippen molar-refractivity contribution in [3.05, 3.63) is 0 Å². The van der Waals surface area contributed by atoms with E-state index in [-0.39, 0.29) is 5.97 Å². The molecule has 0 atom stereocenters. The maximum Gasteiger partial charge on any atom is 0.305 e. The Morgan fingerprint density at radius 2 is 1.22 bits per heavy atom. The van der Waals surface area contributed by atoms with E-state index in [0.29, 0.717) is 6.42 Å². The van der Waals surface area contributed by atoms with Crippen molar-refractivity contribution in [2.24, 2.45) is 5.16 Å². The number of oxime groups is 1. The molecule has 0 saturated carbocycles. The highest BCUT2D eigenvalue weighted by molar-refractivity contribution is 5.83. The summed E-state index contributed by atoms with van der Waals surface area (Å²) < 4.78 is 4.62. The van der Waals surface area contributed by atoms with E-state index in [1.54, 1.807) is 0 Å². The highest BCUT2D eigenvalue weighted by atomic mass is 16.5. The lowest BCUT2D eigenvalue weighted by Gasteiger charge is -2.05. The zero-order chi connectivity index (χ0) is 17.2. The number of nitrogens with zero attached hydrogens (tertiary/aromatic N) is 1. The molecule has 0 fully saturated rings. The molecule has 0 saturated heterocycles. The fraction of sp³-hybridized carbons (Fsp3) is 0.895. The largest absolute Gasteiger partial charge is 0.469 e. The molecule has 0 aromatic heterocycles. The topological polar surface area (TPSA) is 58.9 Å². The van der Waals surface area contributed by atoms with Crippen molar-refractivity contribution in [3.63, 3.8) is 0 Å². The molecule has 0 heterocycles. The Morgan fingerprint density at radius 1 is 0.783 bits per heavy atom. The van der Waals surface area contributed by atoms with E-state index in [4.69, 9.17) is 5.21 Å². The Kier molecular flexibility index (Phi) is 16.5. The summed E-state index contributed by atoms with van der Waals surface area (Å²) in [6, 6.07) is 0. The van der Waals surface area contributed by atoms with Crippen LogP contribution in [-0.2, 0) is 9.53 Å². The van der Waals surface area contributed by atoms with Crippen LogP contribution in [0.2, 0.25) is 0 Å². The molecule has 0 aliphatic rings. The molecule has 0 radical (unpaired) electrons. The lowest BCUT2D eigenvalue weighted by atomic mass is 10.0. The fourth-order valence-electron chi connectivity index (χ4n) is 2.74. The number of hydrogen-bond donors (Lipinski definition) is 1. The Hall–Kier alpha value is -1.06. The number of unbranched alkanes of at least 4 members (excludes halogenated alkanes) is 10. The third-order valence-corrected chi connectivity index (χ3v) is 4.28. The van der Waals surface area contributed by atoms with Gasteiger partial charge >= 0.3 is 5.97 Å². The van der Waals surface area contributed by atoms with Crippen molar-refractivity contribution in [3.8, 4) is 0 Å². The fourth-order valence-corrected chi connectivity index (χ4v) is 2.74. The van der Waals surface area contributed by atoms with Crippen LogP contribution in [0.5, 0.6) is 0 Å². The Labute approximate surface area is 142 Å². The predicted molar refractivity (Wildman–Crippen MR) is 96.2 cm³/mol. The van der Waals surface area contributed by atoms with Gasteiger partial charge in [0.2, 0.25) is 0 Å². The predicted octanol–water partition coefficient (Wildman–Crippen LogP) is 5.86. The molecule has 0 aliphatic carbocycles. The first kappa shape index (κ1) is 21.9. The van der Waals surface area contributed by atoms with Gasteiger partial charge in [0, 0.05) is 6.42 Å². The van der Waals surface area contributed by atoms with Crippen molar-refractivity contribution in [1.29, 1.82) is 0 Å². The van der Waals surface area contributed by atoms with Gasteiger partial charge in [0.1, 0.15) is 0 Å². The maximum absolute atomic E-state index is 11.0. The molecule has 4 nitrogen and oxygen atoms in total. The van der Waals surface area contributed by atoms with Gasteiger partial charge in [0.15, 0.2) is 0 Å². The molecule has 0 bridgehead atoms. The SMILES string of the molecule is CCCCCCCCC/C(CCCCCCCC(=O)OC)=N/O. The van der Waals surface area contributed by atoms with E-state index in [9.17, 15) is 4.79 Å². The first-order chi connectivity index (χ1) is 11.2. The summed E-state index contributed by atoms with van der Waals surface area (Å²) >= 11 is 0. The van der Waals surface area contributed by atoms with Crippen molar-refractivity contribution in [2.45, 2.75) is 103 Å². The molecule has 0 rings (SSSR count). The number of carbonyl (C=O) groups excluding carboxylic acids is 1. The smallest absolute Gasteiger partial charge is 0.305 e. The van der Waals surface area contributed by atoms with Crippen molar-refractivity contribution < 1.29 is 14.7 Å². The molecule has 136 valence electrons. The van der Waals surface area contributed by atoms with Crippen LogP contribution in [0, 0.1) is 0 Å². The summed E-state index contributed by atoms with van der Waals surface area (Å²) in [7, 11) is 1.43. The van der Waals surface area contributed by atoms with Crippen molar-refractivity contribution in [1.82, 2.24) is 0 Å². The molecule has 1 N–H and O–H groups in total. The molecule has 0 aromatic carbocycles. The van der Waals surface area contributed by atoms with Crippen molar-refractivity contribution in [2.75, 3.05) is 7.11 Å². The quantitative estimate of drug-likeness (QED) is 0.127. The van der Waals surface area contributed by atoms with Crippen LogP contribution < -0.4 is 0 Å². The minimum Gasteiger partial charge on any atom is -0.469 e. The number of carbonyl (C=O) groups is 1. The van der Waals surface area contributed by atoms with Crippen LogP contribution in [-0.4, -0.2) is 24.0 Å². The molecule has 0 unspecified atom stereocenters. The molecular formula is C19H37NO3. The van der Waals surface area contributed by atoms with Crippen LogP contribution in [0.4, 0.5) is 0 Å². The average Bonchev–Trinajstić information content (AvgIpc) is 2.57. The van der Waals surface area contributed by atoms with E-state index >= 15 is 0 Å². The maximum atomic E-state index is 11.0. The summed E-state index contributed by atoms with van der Waals surface area (Å²) in [6.45, 7) is 2.24. The first-order valence-electron chi connectivity index (χ1n) is 9.51. The summed E-state index contributed by atoms with van der Waals surface area (Å²) in [5, 5.41) is 12.5. The van der Waals surface area contributed by atoms with Gasteiger partial charge in [0.25, 0.3) is 0 Å². The third-order valence-electron chi connectivity index (χ3n) is 4.28. The standard InChI is InChI=1S/C19H37NO3/c1-3-4-5-6-7-9-12-15-18(20-22)16-13-10-8-11-14-17-19(21)23-2/h22H,3-17H2,1-2H3/b20-18-. The van der Waals surface area contributed by atoms with E-state index in [1.807, 2.05) is 0 Å². The van der Waals surface area contributed by atoms with Gasteiger partial charge in [-0.05, 0) is 32.1 Å². The molecule has 0 aromatic rings. The van der Waals surface area contributed by atoms with Crippen LogP contribution >= 0.6 is 0 Å². The van der Waals surface area contributed by atoms with E-state index in [2.05, 4.69) is 16.8 Å². The number of ether oxygens (including phenoxy) is 1. The second-order valence-corrected chi connectivity index (χ2v) is 6.38. The summed E-state index contributed by atoms with van der Waals surface area (Å²) in [6.07, 6.45) is 16.7.